The third-order valence-electron chi connectivity index (χ3n) is 2.82. The van der Waals surface area contributed by atoms with Crippen molar-refractivity contribution >= 4 is 39.1 Å². The molecule has 5 nitrogen and oxygen atoms in total. The number of aryl methyl sites for hydroxylation is 2. The Kier molecular flexibility index (Phi) is 3.19. The van der Waals surface area contributed by atoms with Gasteiger partial charge in [-0.05, 0) is 25.1 Å². The third kappa shape index (κ3) is 2.28. The first kappa shape index (κ1) is 13.1. The average Bonchev–Trinajstić information content (AvgIpc) is 2.95. The van der Waals surface area contributed by atoms with E-state index in [-0.39, 0.29) is 5.69 Å². The number of amides is 1. The fourth-order valence-electron chi connectivity index (χ4n) is 1.83. The second kappa shape index (κ2) is 4.88. The van der Waals surface area contributed by atoms with Crippen LogP contribution in [0.1, 0.15) is 16.2 Å². The molecule has 102 valence electrons. The summed E-state index contributed by atoms with van der Waals surface area (Å²) in [6, 6.07) is 7.13. The summed E-state index contributed by atoms with van der Waals surface area (Å²) < 4.78 is 7.70. The van der Waals surface area contributed by atoms with Gasteiger partial charge in [0, 0.05) is 18.1 Å². The molecule has 3 aromatic rings. The lowest BCUT2D eigenvalue weighted by Crippen LogP contribution is -2.13. The molecule has 0 saturated heterocycles. The van der Waals surface area contributed by atoms with E-state index in [2.05, 4.69) is 10.1 Å². The number of rotatable bonds is 1. The number of fused-ring (bicyclic) bond motifs is 1. The lowest BCUT2D eigenvalue weighted by atomic mass is 10.3. The van der Waals surface area contributed by atoms with Gasteiger partial charge in [0.2, 0.25) is 0 Å². The SMILES string of the molecule is Cc1cc(C(=O)N=c2sc3cc(Cl)ccc3n2C)no1. The first-order valence-corrected chi connectivity index (χ1v) is 7.01. The number of carbonyl (C=O) groups excluding carboxylic acids is 1. The van der Waals surface area contributed by atoms with E-state index in [0.717, 1.165) is 10.2 Å². The smallest absolute Gasteiger partial charge is 0.301 e. The largest absolute Gasteiger partial charge is 0.361 e. The van der Waals surface area contributed by atoms with Crippen molar-refractivity contribution in [1.82, 2.24) is 9.72 Å². The van der Waals surface area contributed by atoms with E-state index in [1.54, 1.807) is 13.0 Å². The zero-order valence-corrected chi connectivity index (χ0v) is 12.3. The van der Waals surface area contributed by atoms with Crippen LogP contribution in [0.2, 0.25) is 5.02 Å². The minimum atomic E-state index is -0.421. The van der Waals surface area contributed by atoms with E-state index < -0.39 is 5.91 Å². The summed E-state index contributed by atoms with van der Waals surface area (Å²) in [4.78, 5) is 16.7. The van der Waals surface area contributed by atoms with Crippen LogP contribution in [0.5, 0.6) is 0 Å². The summed E-state index contributed by atoms with van der Waals surface area (Å²) in [7, 11) is 1.85. The van der Waals surface area contributed by atoms with E-state index in [1.165, 1.54) is 11.3 Å². The molecule has 2 aromatic heterocycles. The second-order valence-corrected chi connectivity index (χ2v) is 5.74. The fourth-order valence-corrected chi connectivity index (χ4v) is 3.12. The molecule has 0 fully saturated rings. The van der Waals surface area contributed by atoms with Crippen LogP contribution in [0.15, 0.2) is 33.8 Å². The summed E-state index contributed by atoms with van der Waals surface area (Å²) in [5.41, 5.74) is 1.18. The van der Waals surface area contributed by atoms with Crippen molar-refractivity contribution < 1.29 is 9.32 Å². The molecule has 0 saturated carbocycles. The second-order valence-electron chi connectivity index (χ2n) is 4.30. The van der Waals surface area contributed by atoms with Gasteiger partial charge in [-0.2, -0.15) is 4.99 Å². The Hall–Kier alpha value is -1.92. The zero-order valence-electron chi connectivity index (χ0n) is 10.8. The summed E-state index contributed by atoms with van der Waals surface area (Å²) >= 11 is 7.36. The fraction of sp³-hybridized carbons (Fsp3) is 0.154. The van der Waals surface area contributed by atoms with Gasteiger partial charge in [-0.1, -0.05) is 28.1 Å². The predicted molar refractivity (Wildman–Crippen MR) is 76.9 cm³/mol. The van der Waals surface area contributed by atoms with Gasteiger partial charge in [0.1, 0.15) is 5.76 Å². The van der Waals surface area contributed by atoms with E-state index in [1.807, 2.05) is 29.8 Å². The van der Waals surface area contributed by atoms with Crippen LogP contribution in [0.25, 0.3) is 10.2 Å². The van der Waals surface area contributed by atoms with E-state index in [0.29, 0.717) is 15.6 Å². The highest BCUT2D eigenvalue weighted by atomic mass is 35.5. The normalized spacial score (nSPS) is 12.2. The molecule has 0 aliphatic carbocycles. The van der Waals surface area contributed by atoms with Crippen LogP contribution >= 0.6 is 22.9 Å². The van der Waals surface area contributed by atoms with Crippen LogP contribution in [-0.4, -0.2) is 15.6 Å². The Morgan fingerprint density at radius 1 is 1.45 bits per heavy atom. The standard InChI is InChI=1S/C13H10ClN3O2S/c1-7-5-9(16-19-7)12(18)15-13-17(2)10-4-3-8(14)6-11(10)20-13/h3-6H,1-2H3. The number of aromatic nitrogens is 2. The van der Waals surface area contributed by atoms with Gasteiger partial charge in [0.05, 0.1) is 10.2 Å². The Morgan fingerprint density at radius 2 is 2.25 bits per heavy atom. The predicted octanol–water partition coefficient (Wildman–Crippen LogP) is 2.93. The maximum absolute atomic E-state index is 12.0. The van der Waals surface area contributed by atoms with Crippen LogP contribution in [0, 0.1) is 6.92 Å². The molecule has 20 heavy (non-hydrogen) atoms. The van der Waals surface area contributed by atoms with E-state index in [4.69, 9.17) is 16.1 Å². The quantitative estimate of drug-likeness (QED) is 0.694. The van der Waals surface area contributed by atoms with Gasteiger partial charge in [0.15, 0.2) is 10.5 Å². The zero-order chi connectivity index (χ0) is 14.3. The minimum Gasteiger partial charge on any atom is -0.361 e. The van der Waals surface area contributed by atoms with Crippen molar-refractivity contribution in [3.05, 3.63) is 45.5 Å². The summed E-state index contributed by atoms with van der Waals surface area (Å²) in [6.45, 7) is 1.73. The number of halogens is 1. The molecule has 0 N–H and O–H groups in total. The first-order valence-electron chi connectivity index (χ1n) is 5.82. The maximum Gasteiger partial charge on any atom is 0.301 e. The Bertz CT molecular complexity index is 875. The van der Waals surface area contributed by atoms with Gasteiger partial charge in [-0.3, -0.25) is 4.79 Å². The van der Waals surface area contributed by atoms with Crippen LogP contribution in [-0.2, 0) is 7.05 Å². The van der Waals surface area contributed by atoms with Crippen LogP contribution in [0.3, 0.4) is 0 Å². The summed E-state index contributed by atoms with van der Waals surface area (Å²) in [5, 5.41) is 4.32. The van der Waals surface area contributed by atoms with Crippen LogP contribution < -0.4 is 4.80 Å². The highest BCUT2D eigenvalue weighted by molar-refractivity contribution is 7.16. The minimum absolute atomic E-state index is 0.206. The molecule has 0 aliphatic heterocycles. The van der Waals surface area contributed by atoms with E-state index in [9.17, 15) is 4.79 Å². The van der Waals surface area contributed by atoms with Crippen LogP contribution in [0.4, 0.5) is 0 Å². The van der Waals surface area contributed by atoms with Gasteiger partial charge in [-0.15, -0.1) is 0 Å². The van der Waals surface area contributed by atoms with Gasteiger partial charge < -0.3 is 9.09 Å². The molecule has 0 radical (unpaired) electrons. The van der Waals surface area contributed by atoms with Crippen molar-refractivity contribution in [3.8, 4) is 0 Å². The van der Waals surface area contributed by atoms with Crippen molar-refractivity contribution in [3.63, 3.8) is 0 Å². The molecule has 0 atom stereocenters. The average molecular weight is 308 g/mol. The number of thiazole rings is 1. The van der Waals surface area contributed by atoms with Gasteiger partial charge in [0.25, 0.3) is 0 Å². The Labute approximate surface area is 123 Å². The molecule has 1 amide bonds. The summed E-state index contributed by atoms with van der Waals surface area (Å²) in [5.74, 6) is 0.158. The van der Waals surface area contributed by atoms with Crippen molar-refractivity contribution in [2.24, 2.45) is 12.0 Å². The number of carbonyl (C=O) groups is 1. The number of hydrogen-bond donors (Lipinski definition) is 0. The molecule has 0 spiro atoms. The maximum atomic E-state index is 12.0. The van der Waals surface area contributed by atoms with Gasteiger partial charge in [-0.25, -0.2) is 0 Å². The summed E-state index contributed by atoms with van der Waals surface area (Å²) in [6.07, 6.45) is 0. The highest BCUT2D eigenvalue weighted by Gasteiger charge is 2.11. The van der Waals surface area contributed by atoms with E-state index >= 15 is 0 Å². The molecular formula is C13H10ClN3O2S. The molecular weight excluding hydrogens is 298 g/mol. The molecule has 1 aromatic carbocycles. The monoisotopic (exact) mass is 307 g/mol. The molecule has 0 bridgehead atoms. The van der Waals surface area contributed by atoms with Gasteiger partial charge >= 0.3 is 5.91 Å². The third-order valence-corrected chi connectivity index (χ3v) is 4.15. The molecule has 0 aliphatic rings. The molecule has 0 unspecified atom stereocenters. The van der Waals surface area contributed by atoms with Crippen molar-refractivity contribution in [2.45, 2.75) is 6.92 Å². The first-order chi connectivity index (χ1) is 9.54. The lowest BCUT2D eigenvalue weighted by molar-refractivity contribution is 0.0989. The number of benzene rings is 1. The topological polar surface area (TPSA) is 60.4 Å². The highest BCUT2D eigenvalue weighted by Crippen LogP contribution is 2.21. The van der Waals surface area contributed by atoms with Crippen molar-refractivity contribution in [1.29, 1.82) is 0 Å². The Balaban J connectivity index is 2.12. The lowest BCUT2D eigenvalue weighted by Gasteiger charge is -1.94. The number of hydrogen-bond acceptors (Lipinski definition) is 4. The number of nitrogens with zero attached hydrogens (tertiary/aromatic N) is 3. The molecule has 2 heterocycles. The molecule has 7 heteroatoms. The van der Waals surface area contributed by atoms with Crippen molar-refractivity contribution in [2.75, 3.05) is 0 Å². The Morgan fingerprint density at radius 3 is 2.95 bits per heavy atom. The molecule has 3 rings (SSSR count).